The number of hydrogen-bond donors (Lipinski definition) is 4. The van der Waals surface area contributed by atoms with Crippen LogP contribution in [-0.4, -0.2) is 33.5 Å². The number of phenols is 1. The molecule has 4 N–H and O–H groups in total. The number of nitrogens with one attached hydrogen (secondary N) is 1. The highest BCUT2D eigenvalue weighted by Crippen LogP contribution is 2.28. The predicted molar refractivity (Wildman–Crippen MR) is 138 cm³/mol. The lowest BCUT2D eigenvalue weighted by Gasteiger charge is -2.10. The summed E-state index contributed by atoms with van der Waals surface area (Å²) in [6.07, 6.45) is 10.2. The van der Waals surface area contributed by atoms with E-state index in [0.717, 1.165) is 86.1 Å². The van der Waals surface area contributed by atoms with E-state index in [2.05, 4.69) is 31.1 Å². The number of H-pyrrole nitrogens is 1. The average Bonchev–Trinajstić information content (AvgIpc) is 3.50. The number of phenolic OH excluding ortho intramolecular Hbond substituents is 1. The van der Waals surface area contributed by atoms with Crippen LogP contribution in [0, 0.1) is 0 Å². The van der Waals surface area contributed by atoms with E-state index >= 15 is 0 Å². The van der Waals surface area contributed by atoms with Crippen molar-refractivity contribution >= 4 is 0 Å². The van der Waals surface area contributed by atoms with Crippen LogP contribution in [0.15, 0.2) is 40.9 Å². The Morgan fingerprint density at radius 3 is 2.63 bits per heavy atom. The van der Waals surface area contributed by atoms with Gasteiger partial charge in [0.1, 0.15) is 11.5 Å². The average molecular weight is 484 g/mol. The third-order valence-corrected chi connectivity index (χ3v) is 6.57. The van der Waals surface area contributed by atoms with Crippen molar-refractivity contribution in [2.45, 2.75) is 84.2 Å². The van der Waals surface area contributed by atoms with Crippen molar-refractivity contribution in [1.29, 1.82) is 0 Å². The molecule has 192 valence electrons. The number of rotatable bonds is 16. The lowest BCUT2D eigenvalue weighted by Crippen LogP contribution is -2.02. The van der Waals surface area contributed by atoms with Gasteiger partial charge in [-0.25, -0.2) is 0 Å². The summed E-state index contributed by atoms with van der Waals surface area (Å²) in [5.41, 5.74) is 4.34. The zero-order valence-electron chi connectivity index (χ0n) is 21.2. The normalized spacial score (nSPS) is 12.2. The van der Waals surface area contributed by atoms with Gasteiger partial charge in [-0.05, 0) is 67.0 Å². The molecule has 2 aromatic heterocycles. The summed E-state index contributed by atoms with van der Waals surface area (Å²) in [6, 6.07) is 9.63. The first-order chi connectivity index (χ1) is 17.0. The van der Waals surface area contributed by atoms with Crippen LogP contribution < -0.4 is 4.74 Å². The maximum Gasteiger partial charge on any atom is 0.161 e. The summed E-state index contributed by atoms with van der Waals surface area (Å²) in [5.74, 6) is 2.86. The number of aromatic nitrogens is 1. The Balaban J connectivity index is 1.50. The van der Waals surface area contributed by atoms with Crippen molar-refractivity contribution in [2.24, 2.45) is 0 Å². The summed E-state index contributed by atoms with van der Waals surface area (Å²) >= 11 is 0. The summed E-state index contributed by atoms with van der Waals surface area (Å²) in [4.78, 5) is 3.33. The molecule has 1 aromatic carbocycles. The van der Waals surface area contributed by atoms with E-state index in [0.29, 0.717) is 18.3 Å². The van der Waals surface area contributed by atoms with Crippen molar-refractivity contribution in [3.8, 4) is 11.5 Å². The van der Waals surface area contributed by atoms with Gasteiger partial charge in [0.2, 0.25) is 0 Å². The van der Waals surface area contributed by atoms with E-state index in [1.807, 2.05) is 18.2 Å². The van der Waals surface area contributed by atoms with Gasteiger partial charge in [0.25, 0.3) is 0 Å². The second-order valence-electron chi connectivity index (χ2n) is 9.40. The van der Waals surface area contributed by atoms with E-state index in [-0.39, 0.29) is 19.0 Å². The molecule has 0 radical (unpaired) electrons. The first-order valence-corrected chi connectivity index (χ1v) is 13.0. The van der Waals surface area contributed by atoms with Gasteiger partial charge >= 0.3 is 0 Å². The summed E-state index contributed by atoms with van der Waals surface area (Å²) in [6.45, 7) is 5.08. The molecule has 0 aliphatic carbocycles. The molecule has 2 heterocycles. The van der Waals surface area contributed by atoms with Gasteiger partial charge in [0.15, 0.2) is 11.5 Å². The molecular formula is C29H41NO5. The van der Waals surface area contributed by atoms with Crippen molar-refractivity contribution in [2.75, 3.05) is 13.2 Å². The van der Waals surface area contributed by atoms with Gasteiger partial charge in [-0.15, -0.1) is 0 Å². The van der Waals surface area contributed by atoms with Gasteiger partial charge < -0.3 is 29.5 Å². The van der Waals surface area contributed by atoms with Crippen LogP contribution in [0.25, 0.3) is 0 Å². The van der Waals surface area contributed by atoms with Gasteiger partial charge in [0.05, 0.1) is 13.2 Å². The molecule has 3 rings (SSSR count). The molecule has 0 unspecified atom stereocenters. The molecule has 0 saturated heterocycles. The highest BCUT2D eigenvalue weighted by atomic mass is 16.5. The molecule has 1 atom stereocenters. The molecule has 35 heavy (non-hydrogen) atoms. The number of ether oxygens (including phenoxy) is 1. The Labute approximate surface area is 209 Å². The van der Waals surface area contributed by atoms with Crippen molar-refractivity contribution in [3.63, 3.8) is 0 Å². The number of benzene rings is 1. The van der Waals surface area contributed by atoms with Gasteiger partial charge in [-0.1, -0.05) is 32.8 Å². The highest BCUT2D eigenvalue weighted by Gasteiger charge is 2.12. The fraction of sp³-hybridized carbons (Fsp3) is 0.517. The first-order valence-electron chi connectivity index (χ1n) is 13.0. The standard InChI is InChI=1S/C29H41NO5/c1-3-4-8-28-24(20-32)18-26(35-28)11-9-22-10-12-27(33)29(16-22)34-15-13-25-17-23(19-30-25)21(2)7-5-6-14-31/h10,12,16-19,21,30-33H,3-9,11,13-15,20H2,1-2H3/t21-/m1/s1. The summed E-state index contributed by atoms with van der Waals surface area (Å²) in [5, 5.41) is 28.8. The van der Waals surface area contributed by atoms with Crippen LogP contribution in [-0.2, 0) is 32.3 Å². The van der Waals surface area contributed by atoms with Crippen LogP contribution in [0.3, 0.4) is 0 Å². The molecule has 0 saturated carbocycles. The number of hydrogen-bond acceptors (Lipinski definition) is 5. The number of aromatic amines is 1. The smallest absolute Gasteiger partial charge is 0.161 e. The fourth-order valence-corrected chi connectivity index (χ4v) is 4.32. The third kappa shape index (κ3) is 8.18. The molecule has 6 nitrogen and oxygen atoms in total. The molecular weight excluding hydrogens is 442 g/mol. The quantitative estimate of drug-likeness (QED) is 0.192. The predicted octanol–water partition coefficient (Wildman–Crippen LogP) is 5.82. The Hall–Kier alpha value is -2.70. The lowest BCUT2D eigenvalue weighted by molar-refractivity contribution is 0.277. The monoisotopic (exact) mass is 483 g/mol. The third-order valence-electron chi connectivity index (χ3n) is 6.57. The molecule has 3 aromatic rings. The zero-order valence-corrected chi connectivity index (χ0v) is 21.2. The van der Waals surface area contributed by atoms with Crippen LogP contribution in [0.4, 0.5) is 0 Å². The molecule has 0 aliphatic rings. The lowest BCUT2D eigenvalue weighted by atomic mass is 9.97. The summed E-state index contributed by atoms with van der Waals surface area (Å²) < 4.78 is 11.9. The van der Waals surface area contributed by atoms with E-state index < -0.39 is 0 Å². The Morgan fingerprint density at radius 1 is 1.00 bits per heavy atom. The van der Waals surface area contributed by atoms with E-state index in [1.165, 1.54) is 5.56 Å². The SMILES string of the molecule is CCCCc1oc(CCc2ccc(O)c(OCCc3cc([C@H](C)CCCCO)c[nH]3)c2)cc1CO. The molecule has 0 amide bonds. The Kier molecular flexibility index (Phi) is 10.8. The molecule has 6 heteroatoms. The minimum absolute atomic E-state index is 0.00464. The molecule has 0 spiro atoms. The van der Waals surface area contributed by atoms with Gasteiger partial charge in [-0.2, -0.15) is 0 Å². The number of unbranched alkanes of at least 4 members (excludes halogenated alkanes) is 2. The second kappa shape index (κ2) is 14.0. The topological polar surface area (TPSA) is 98.9 Å². The van der Waals surface area contributed by atoms with E-state index in [1.54, 1.807) is 6.07 Å². The maximum absolute atomic E-state index is 10.3. The number of aliphatic hydroxyl groups excluding tert-OH is 2. The van der Waals surface area contributed by atoms with Gasteiger partial charge in [0, 0.05) is 43.3 Å². The van der Waals surface area contributed by atoms with Crippen molar-refractivity contribution in [3.05, 3.63) is 70.4 Å². The maximum atomic E-state index is 10.3. The Bertz CT molecular complexity index is 1020. The molecule has 0 fully saturated rings. The van der Waals surface area contributed by atoms with E-state index in [4.69, 9.17) is 14.3 Å². The zero-order chi connectivity index (χ0) is 25.0. The number of aromatic hydroxyl groups is 1. The van der Waals surface area contributed by atoms with Crippen LogP contribution in [0.5, 0.6) is 11.5 Å². The van der Waals surface area contributed by atoms with Crippen molar-refractivity contribution in [1.82, 2.24) is 4.98 Å². The number of aryl methyl sites for hydroxylation is 3. The molecule has 0 bridgehead atoms. The first kappa shape index (κ1) is 26.9. The second-order valence-corrected chi connectivity index (χ2v) is 9.40. The van der Waals surface area contributed by atoms with E-state index in [9.17, 15) is 10.2 Å². The number of furan rings is 1. The highest BCUT2D eigenvalue weighted by molar-refractivity contribution is 5.42. The van der Waals surface area contributed by atoms with Crippen LogP contribution in [0.2, 0.25) is 0 Å². The van der Waals surface area contributed by atoms with Crippen LogP contribution >= 0.6 is 0 Å². The van der Waals surface area contributed by atoms with Crippen molar-refractivity contribution < 1.29 is 24.5 Å². The molecule has 0 aliphatic heterocycles. The van der Waals surface area contributed by atoms with Gasteiger partial charge in [-0.3, -0.25) is 0 Å². The minimum atomic E-state index is 0.00464. The largest absolute Gasteiger partial charge is 0.504 e. The Morgan fingerprint density at radius 2 is 1.86 bits per heavy atom. The fourth-order valence-electron chi connectivity index (χ4n) is 4.32. The van der Waals surface area contributed by atoms with Crippen LogP contribution in [0.1, 0.15) is 85.8 Å². The minimum Gasteiger partial charge on any atom is -0.504 e. The number of aliphatic hydroxyl groups is 2. The summed E-state index contributed by atoms with van der Waals surface area (Å²) in [7, 11) is 0.